The van der Waals surface area contributed by atoms with E-state index in [2.05, 4.69) is 24.3 Å². The molecule has 0 aromatic heterocycles. The van der Waals surface area contributed by atoms with Crippen molar-refractivity contribution in [2.45, 2.75) is 38.5 Å². The summed E-state index contributed by atoms with van der Waals surface area (Å²) in [6, 6.07) is 10.5. The van der Waals surface area contributed by atoms with Crippen molar-refractivity contribution in [2.75, 3.05) is 32.9 Å². The summed E-state index contributed by atoms with van der Waals surface area (Å²) in [4.78, 5) is 14.7. The maximum absolute atomic E-state index is 12.6. The number of amides is 1. The van der Waals surface area contributed by atoms with Gasteiger partial charge in [-0.3, -0.25) is 4.79 Å². The van der Waals surface area contributed by atoms with Gasteiger partial charge in [0.05, 0.1) is 0 Å². The lowest BCUT2D eigenvalue weighted by atomic mass is 9.74. The molecule has 0 spiro atoms. The van der Waals surface area contributed by atoms with Gasteiger partial charge in [0.1, 0.15) is 0 Å². The summed E-state index contributed by atoms with van der Waals surface area (Å²) in [6.07, 6.45) is 5.52. The molecule has 0 aliphatic carbocycles. The van der Waals surface area contributed by atoms with E-state index in [4.69, 9.17) is 4.74 Å². The molecular weight excluding hydrogens is 302 g/mol. The third kappa shape index (κ3) is 4.17. The first-order valence-corrected chi connectivity index (χ1v) is 9.24. The highest BCUT2D eigenvalue weighted by Gasteiger charge is 2.36. The van der Waals surface area contributed by atoms with Gasteiger partial charge < -0.3 is 14.7 Å². The van der Waals surface area contributed by atoms with Gasteiger partial charge in [0.25, 0.3) is 0 Å². The second-order valence-corrected chi connectivity index (χ2v) is 7.36. The Kier molecular flexibility index (Phi) is 5.90. The van der Waals surface area contributed by atoms with Crippen LogP contribution in [0.25, 0.3) is 0 Å². The summed E-state index contributed by atoms with van der Waals surface area (Å²) in [5, 5.41) is 9.97. The molecule has 24 heavy (non-hydrogen) atoms. The molecule has 2 aliphatic heterocycles. The maximum atomic E-state index is 12.6. The number of hydrogen-bond acceptors (Lipinski definition) is 3. The molecule has 0 atom stereocenters. The average molecular weight is 331 g/mol. The largest absolute Gasteiger partial charge is 0.396 e. The molecule has 2 fully saturated rings. The molecule has 4 nitrogen and oxygen atoms in total. The Morgan fingerprint density at radius 2 is 1.83 bits per heavy atom. The minimum absolute atomic E-state index is 0.0255. The van der Waals surface area contributed by atoms with Gasteiger partial charge in [-0.15, -0.1) is 0 Å². The van der Waals surface area contributed by atoms with Gasteiger partial charge >= 0.3 is 0 Å². The second kappa shape index (κ2) is 8.13. The SMILES string of the molecule is O=C(C1CCOCC1)N1CCC(CO)(CCc2ccccc2)CC1. The van der Waals surface area contributed by atoms with Gasteiger partial charge in [0.15, 0.2) is 0 Å². The predicted molar refractivity (Wildman–Crippen MR) is 93.6 cm³/mol. The molecule has 1 N–H and O–H groups in total. The molecule has 3 rings (SSSR count). The number of carbonyl (C=O) groups excluding carboxylic acids is 1. The Labute approximate surface area is 144 Å². The summed E-state index contributed by atoms with van der Waals surface area (Å²) in [5.41, 5.74) is 1.30. The Morgan fingerprint density at radius 1 is 1.17 bits per heavy atom. The van der Waals surface area contributed by atoms with Crippen LogP contribution in [0.2, 0.25) is 0 Å². The van der Waals surface area contributed by atoms with Crippen molar-refractivity contribution in [3.8, 4) is 0 Å². The van der Waals surface area contributed by atoms with E-state index in [1.54, 1.807) is 0 Å². The van der Waals surface area contributed by atoms with Crippen LogP contribution in [0.5, 0.6) is 0 Å². The first-order chi connectivity index (χ1) is 11.7. The fourth-order valence-corrected chi connectivity index (χ4v) is 3.95. The van der Waals surface area contributed by atoms with Crippen molar-refractivity contribution in [3.05, 3.63) is 35.9 Å². The van der Waals surface area contributed by atoms with Crippen LogP contribution in [0, 0.1) is 11.3 Å². The zero-order chi connectivity index (χ0) is 16.8. The number of aryl methyl sites for hydroxylation is 1. The summed E-state index contributed by atoms with van der Waals surface area (Å²) in [6.45, 7) is 3.21. The molecule has 2 heterocycles. The number of aliphatic hydroxyl groups excluding tert-OH is 1. The fourth-order valence-electron chi connectivity index (χ4n) is 3.95. The van der Waals surface area contributed by atoms with Gasteiger partial charge in [-0.1, -0.05) is 30.3 Å². The highest BCUT2D eigenvalue weighted by atomic mass is 16.5. The molecule has 2 aliphatic rings. The van der Waals surface area contributed by atoms with E-state index in [9.17, 15) is 9.90 Å². The lowest BCUT2D eigenvalue weighted by molar-refractivity contribution is -0.141. The lowest BCUT2D eigenvalue weighted by Gasteiger charge is -2.42. The number of likely N-dealkylation sites (tertiary alicyclic amines) is 1. The molecule has 1 aromatic carbocycles. The minimum atomic E-state index is -0.0255. The van der Waals surface area contributed by atoms with Crippen LogP contribution in [-0.2, 0) is 16.0 Å². The first kappa shape index (κ1) is 17.4. The smallest absolute Gasteiger partial charge is 0.225 e. The van der Waals surface area contributed by atoms with Crippen molar-refractivity contribution in [1.29, 1.82) is 0 Å². The number of rotatable bonds is 5. The van der Waals surface area contributed by atoms with Gasteiger partial charge in [-0.2, -0.15) is 0 Å². The van der Waals surface area contributed by atoms with Gasteiger partial charge in [0, 0.05) is 38.8 Å². The molecule has 4 heteroatoms. The Balaban J connectivity index is 1.52. The Hall–Kier alpha value is -1.39. The molecule has 0 radical (unpaired) electrons. The molecule has 0 unspecified atom stereocenters. The van der Waals surface area contributed by atoms with E-state index in [1.165, 1.54) is 5.56 Å². The van der Waals surface area contributed by atoms with E-state index in [0.29, 0.717) is 19.1 Å². The number of ether oxygens (including phenoxy) is 1. The number of hydrogen-bond donors (Lipinski definition) is 1. The molecule has 132 valence electrons. The van der Waals surface area contributed by atoms with E-state index >= 15 is 0 Å². The van der Waals surface area contributed by atoms with Crippen LogP contribution in [0.15, 0.2) is 30.3 Å². The highest BCUT2D eigenvalue weighted by molar-refractivity contribution is 5.79. The number of benzene rings is 1. The zero-order valence-corrected chi connectivity index (χ0v) is 14.5. The summed E-state index contributed by atoms with van der Waals surface area (Å²) < 4.78 is 5.36. The summed E-state index contributed by atoms with van der Waals surface area (Å²) in [7, 11) is 0. The van der Waals surface area contributed by atoms with Crippen molar-refractivity contribution < 1.29 is 14.6 Å². The van der Waals surface area contributed by atoms with Crippen LogP contribution in [0.1, 0.15) is 37.7 Å². The second-order valence-electron chi connectivity index (χ2n) is 7.36. The monoisotopic (exact) mass is 331 g/mol. The standard InChI is InChI=1S/C20H29NO3/c22-16-20(9-6-17-4-2-1-3-5-17)10-12-21(13-11-20)19(23)18-7-14-24-15-8-18/h1-5,18,22H,6-16H2. The van der Waals surface area contributed by atoms with Gasteiger partial charge in [-0.25, -0.2) is 0 Å². The Morgan fingerprint density at radius 3 is 2.46 bits per heavy atom. The minimum Gasteiger partial charge on any atom is -0.396 e. The molecule has 1 amide bonds. The van der Waals surface area contributed by atoms with Crippen LogP contribution < -0.4 is 0 Å². The topological polar surface area (TPSA) is 49.8 Å². The van der Waals surface area contributed by atoms with E-state index < -0.39 is 0 Å². The van der Waals surface area contributed by atoms with Crippen LogP contribution in [0.3, 0.4) is 0 Å². The first-order valence-electron chi connectivity index (χ1n) is 9.24. The third-order valence-corrected chi connectivity index (χ3v) is 5.83. The van der Waals surface area contributed by atoms with Crippen LogP contribution in [0.4, 0.5) is 0 Å². The van der Waals surface area contributed by atoms with E-state index in [-0.39, 0.29) is 17.9 Å². The number of carbonyl (C=O) groups is 1. The summed E-state index contributed by atoms with van der Waals surface area (Å²) in [5.74, 6) is 0.442. The molecule has 1 aromatic rings. The van der Waals surface area contributed by atoms with Crippen LogP contribution in [-0.4, -0.2) is 48.8 Å². The van der Waals surface area contributed by atoms with Crippen molar-refractivity contribution in [2.24, 2.45) is 11.3 Å². The van der Waals surface area contributed by atoms with Crippen molar-refractivity contribution in [3.63, 3.8) is 0 Å². The number of aliphatic hydroxyl groups is 1. The zero-order valence-electron chi connectivity index (χ0n) is 14.5. The fraction of sp³-hybridized carbons (Fsp3) is 0.650. The molecule has 0 saturated carbocycles. The predicted octanol–water partition coefficient (Wildman–Crippen LogP) is 2.65. The van der Waals surface area contributed by atoms with Gasteiger partial charge in [-0.05, 0) is 49.5 Å². The quantitative estimate of drug-likeness (QED) is 0.902. The van der Waals surface area contributed by atoms with Crippen molar-refractivity contribution in [1.82, 2.24) is 4.90 Å². The third-order valence-electron chi connectivity index (χ3n) is 5.83. The maximum Gasteiger partial charge on any atom is 0.225 e. The highest BCUT2D eigenvalue weighted by Crippen LogP contribution is 2.36. The molecule has 0 bridgehead atoms. The lowest BCUT2D eigenvalue weighted by Crippen LogP contribution is -2.47. The Bertz CT molecular complexity index is 517. The molecule has 2 saturated heterocycles. The number of piperidine rings is 1. The average Bonchev–Trinajstić information content (AvgIpc) is 2.68. The normalized spacial score (nSPS) is 21.6. The van der Waals surface area contributed by atoms with Gasteiger partial charge in [0.2, 0.25) is 5.91 Å². The number of nitrogens with zero attached hydrogens (tertiary/aromatic N) is 1. The van der Waals surface area contributed by atoms with E-state index in [1.807, 2.05) is 11.0 Å². The molecular formula is C20H29NO3. The van der Waals surface area contributed by atoms with Crippen molar-refractivity contribution >= 4 is 5.91 Å². The summed E-state index contributed by atoms with van der Waals surface area (Å²) >= 11 is 0. The van der Waals surface area contributed by atoms with E-state index in [0.717, 1.165) is 51.6 Å². The van der Waals surface area contributed by atoms with Crippen LogP contribution >= 0.6 is 0 Å².